The van der Waals surface area contributed by atoms with Gasteiger partial charge in [0.1, 0.15) is 0 Å². The van der Waals surface area contributed by atoms with Crippen LogP contribution in [0.2, 0.25) is 0 Å². The molecule has 1 atom stereocenters. The van der Waals surface area contributed by atoms with E-state index in [1.165, 1.54) is 5.56 Å². The molecular weight excluding hydrogens is 198 g/mol. The van der Waals surface area contributed by atoms with Crippen LogP contribution in [0.4, 0.5) is 0 Å². The molecule has 16 heavy (non-hydrogen) atoms. The minimum absolute atomic E-state index is 0.252. The van der Waals surface area contributed by atoms with Gasteiger partial charge in [0.25, 0.3) is 0 Å². The van der Waals surface area contributed by atoms with Crippen LogP contribution in [0.15, 0.2) is 24.5 Å². The summed E-state index contributed by atoms with van der Waals surface area (Å²) in [4.78, 5) is 6.40. The van der Waals surface area contributed by atoms with Gasteiger partial charge < -0.3 is 5.73 Å². The normalized spacial score (nSPS) is 13.4. The fraction of sp³-hybridized carbons (Fsp3) is 0.615. The first-order valence-electron chi connectivity index (χ1n) is 6.00. The second-order valence-corrected chi connectivity index (χ2v) is 4.59. The number of nitrogens with two attached hydrogens (primary N) is 1. The Kier molecular flexibility index (Phi) is 5.43. The molecule has 0 amide bonds. The molecule has 0 aromatic carbocycles. The number of likely N-dealkylation sites (N-methyl/N-ethyl adjacent to an activating group) is 1. The Morgan fingerprint density at radius 1 is 1.31 bits per heavy atom. The molecule has 1 heterocycles. The smallest absolute Gasteiger partial charge is 0.0271 e. The number of rotatable bonds is 6. The van der Waals surface area contributed by atoms with Crippen LogP contribution in [0, 0.1) is 5.92 Å². The standard InChI is InChI=1S/C13H23N3/c1-4-16(10-13(14)11(2)3)9-12-5-7-15-8-6-12/h5-8,11,13H,4,9-10,14H2,1-3H3. The second kappa shape index (κ2) is 6.61. The second-order valence-electron chi connectivity index (χ2n) is 4.59. The van der Waals surface area contributed by atoms with Crippen LogP contribution >= 0.6 is 0 Å². The average molecular weight is 221 g/mol. The molecule has 1 unspecified atom stereocenters. The number of nitrogens with zero attached hydrogens (tertiary/aromatic N) is 2. The van der Waals surface area contributed by atoms with E-state index in [9.17, 15) is 0 Å². The number of aromatic nitrogens is 1. The van der Waals surface area contributed by atoms with E-state index in [0.717, 1.165) is 19.6 Å². The largest absolute Gasteiger partial charge is 0.326 e. The zero-order chi connectivity index (χ0) is 12.0. The summed E-state index contributed by atoms with van der Waals surface area (Å²) in [7, 11) is 0. The molecule has 0 saturated heterocycles. The third-order valence-electron chi connectivity index (χ3n) is 2.93. The van der Waals surface area contributed by atoms with Gasteiger partial charge in [0.2, 0.25) is 0 Å². The van der Waals surface area contributed by atoms with Crippen LogP contribution in [0.5, 0.6) is 0 Å². The van der Waals surface area contributed by atoms with Crippen LogP contribution in [0.1, 0.15) is 26.3 Å². The topological polar surface area (TPSA) is 42.2 Å². The first-order chi connectivity index (χ1) is 7.63. The molecule has 0 aliphatic heterocycles. The Labute approximate surface area is 98.7 Å². The van der Waals surface area contributed by atoms with Gasteiger partial charge >= 0.3 is 0 Å². The van der Waals surface area contributed by atoms with Gasteiger partial charge in [0.05, 0.1) is 0 Å². The van der Waals surface area contributed by atoms with Gasteiger partial charge in [0.15, 0.2) is 0 Å². The van der Waals surface area contributed by atoms with Crippen molar-refractivity contribution < 1.29 is 0 Å². The van der Waals surface area contributed by atoms with E-state index in [1.807, 2.05) is 12.4 Å². The Morgan fingerprint density at radius 2 is 1.94 bits per heavy atom. The van der Waals surface area contributed by atoms with Crippen LogP contribution in [0.25, 0.3) is 0 Å². The van der Waals surface area contributed by atoms with Gasteiger partial charge in [-0.25, -0.2) is 0 Å². The van der Waals surface area contributed by atoms with E-state index in [2.05, 4.69) is 42.8 Å². The van der Waals surface area contributed by atoms with E-state index in [1.54, 1.807) is 0 Å². The minimum atomic E-state index is 0.252. The van der Waals surface area contributed by atoms with Crippen LogP contribution in [-0.4, -0.2) is 29.0 Å². The van der Waals surface area contributed by atoms with Crippen LogP contribution < -0.4 is 5.73 Å². The van der Waals surface area contributed by atoms with E-state index in [0.29, 0.717) is 5.92 Å². The molecule has 0 saturated carbocycles. The maximum absolute atomic E-state index is 6.09. The first-order valence-corrected chi connectivity index (χ1v) is 6.00. The summed E-state index contributed by atoms with van der Waals surface area (Å²) in [6.07, 6.45) is 3.68. The van der Waals surface area contributed by atoms with Gasteiger partial charge in [-0.05, 0) is 30.2 Å². The van der Waals surface area contributed by atoms with E-state index in [-0.39, 0.29) is 6.04 Å². The summed E-state index contributed by atoms with van der Waals surface area (Å²) in [5.41, 5.74) is 7.39. The fourth-order valence-corrected chi connectivity index (χ4v) is 1.56. The summed E-state index contributed by atoms with van der Waals surface area (Å²) >= 11 is 0. The van der Waals surface area contributed by atoms with E-state index in [4.69, 9.17) is 5.73 Å². The van der Waals surface area contributed by atoms with Crippen molar-refractivity contribution in [2.75, 3.05) is 13.1 Å². The summed E-state index contributed by atoms with van der Waals surface area (Å²) in [6, 6.07) is 4.37. The number of pyridine rings is 1. The fourth-order valence-electron chi connectivity index (χ4n) is 1.56. The molecule has 90 valence electrons. The Hall–Kier alpha value is -0.930. The van der Waals surface area contributed by atoms with Crippen molar-refractivity contribution in [2.45, 2.75) is 33.4 Å². The molecule has 0 aliphatic carbocycles. The van der Waals surface area contributed by atoms with Gasteiger partial charge in [-0.15, -0.1) is 0 Å². The Morgan fingerprint density at radius 3 is 2.44 bits per heavy atom. The highest BCUT2D eigenvalue weighted by Gasteiger charge is 2.12. The molecule has 1 rings (SSSR count). The lowest BCUT2D eigenvalue weighted by Crippen LogP contribution is -2.40. The summed E-state index contributed by atoms with van der Waals surface area (Å²) in [5.74, 6) is 0.534. The number of hydrogen-bond donors (Lipinski definition) is 1. The SMILES string of the molecule is CCN(Cc1ccncc1)CC(N)C(C)C. The number of hydrogen-bond acceptors (Lipinski definition) is 3. The van der Waals surface area contributed by atoms with E-state index < -0.39 is 0 Å². The molecule has 2 N–H and O–H groups in total. The maximum Gasteiger partial charge on any atom is 0.0271 e. The molecule has 0 fully saturated rings. The molecule has 1 aromatic rings. The van der Waals surface area contributed by atoms with Gasteiger partial charge in [-0.2, -0.15) is 0 Å². The predicted octanol–water partition coefficient (Wildman–Crippen LogP) is 1.89. The molecule has 0 radical (unpaired) electrons. The van der Waals surface area contributed by atoms with Crippen molar-refractivity contribution in [3.05, 3.63) is 30.1 Å². The van der Waals surface area contributed by atoms with Crippen molar-refractivity contribution in [3.8, 4) is 0 Å². The van der Waals surface area contributed by atoms with Crippen molar-refractivity contribution in [3.63, 3.8) is 0 Å². The molecule has 0 aliphatic rings. The molecule has 3 heteroatoms. The Bertz CT molecular complexity index is 284. The minimum Gasteiger partial charge on any atom is -0.326 e. The molecule has 3 nitrogen and oxygen atoms in total. The third-order valence-corrected chi connectivity index (χ3v) is 2.93. The lowest BCUT2D eigenvalue weighted by Gasteiger charge is -2.26. The molecule has 0 bridgehead atoms. The Balaban J connectivity index is 2.49. The molecular formula is C13H23N3. The molecule has 0 spiro atoms. The third kappa shape index (κ3) is 4.29. The van der Waals surface area contributed by atoms with Crippen LogP contribution in [-0.2, 0) is 6.54 Å². The van der Waals surface area contributed by atoms with Crippen molar-refractivity contribution in [1.29, 1.82) is 0 Å². The van der Waals surface area contributed by atoms with Crippen LogP contribution in [0.3, 0.4) is 0 Å². The van der Waals surface area contributed by atoms with Gasteiger partial charge in [-0.3, -0.25) is 9.88 Å². The molecule has 1 aromatic heterocycles. The van der Waals surface area contributed by atoms with Crippen molar-refractivity contribution in [2.24, 2.45) is 11.7 Å². The lowest BCUT2D eigenvalue weighted by molar-refractivity contribution is 0.241. The average Bonchev–Trinajstić information content (AvgIpc) is 2.29. The summed E-state index contributed by atoms with van der Waals surface area (Å²) < 4.78 is 0. The maximum atomic E-state index is 6.09. The summed E-state index contributed by atoms with van der Waals surface area (Å²) in [6.45, 7) is 9.46. The lowest BCUT2D eigenvalue weighted by atomic mass is 10.0. The highest BCUT2D eigenvalue weighted by atomic mass is 15.1. The monoisotopic (exact) mass is 221 g/mol. The quantitative estimate of drug-likeness (QED) is 0.797. The first kappa shape index (κ1) is 13.1. The predicted molar refractivity (Wildman–Crippen MR) is 68.0 cm³/mol. The zero-order valence-corrected chi connectivity index (χ0v) is 10.6. The van der Waals surface area contributed by atoms with Gasteiger partial charge in [0, 0.05) is 31.5 Å². The van der Waals surface area contributed by atoms with Gasteiger partial charge in [-0.1, -0.05) is 20.8 Å². The van der Waals surface area contributed by atoms with Crippen molar-refractivity contribution in [1.82, 2.24) is 9.88 Å². The van der Waals surface area contributed by atoms with E-state index >= 15 is 0 Å². The van der Waals surface area contributed by atoms with Crippen molar-refractivity contribution >= 4 is 0 Å². The highest BCUT2D eigenvalue weighted by molar-refractivity contribution is 5.09. The highest BCUT2D eigenvalue weighted by Crippen LogP contribution is 2.06. The summed E-state index contributed by atoms with van der Waals surface area (Å²) in [5, 5.41) is 0. The zero-order valence-electron chi connectivity index (χ0n) is 10.6.